The summed E-state index contributed by atoms with van der Waals surface area (Å²) in [6.07, 6.45) is -60.7. The fourth-order valence-corrected chi connectivity index (χ4v) is 23.2. The first kappa shape index (κ1) is 104. The zero-order valence-electron chi connectivity index (χ0n) is 75.2. The Kier molecular flexibility index (Phi) is 32.5. The molecule has 5 aliphatic carbocycles. The molecule has 1 amide bonds. The molecule has 4 saturated carbocycles. The summed E-state index contributed by atoms with van der Waals surface area (Å²) < 4.78 is 104. The zero-order chi connectivity index (χ0) is 96.1. The molecule has 0 aromatic heterocycles. The smallest absolute Gasteiger partial charge is 0.336 e. The number of ether oxygens (including phenoxy) is 17. The maximum absolute atomic E-state index is 16.7. The predicted octanol–water partition coefficient (Wildman–Crippen LogP) is -7.49. The molecular weight excluding hydrogens is 1750 g/mol. The number of rotatable bonds is 28. The Labute approximate surface area is 756 Å². The minimum absolute atomic E-state index is 0.0140. The molecule has 8 heterocycles. The van der Waals surface area contributed by atoms with Crippen molar-refractivity contribution in [3.05, 3.63) is 36.0 Å². The highest BCUT2D eigenvalue weighted by Crippen LogP contribution is 2.76. The van der Waals surface area contributed by atoms with Gasteiger partial charge in [-0.2, -0.15) is 0 Å². The summed E-state index contributed by atoms with van der Waals surface area (Å²) in [5.41, 5.74) is -7.27. The molecule has 13 rings (SSSR count). The Morgan fingerprint density at radius 3 is 1.64 bits per heavy atom. The summed E-state index contributed by atoms with van der Waals surface area (Å²) in [5.74, 6) is -4.29. The third-order valence-electron chi connectivity index (χ3n) is 31.5. The number of carbonyl (C=O) groups is 3. The van der Waals surface area contributed by atoms with Crippen LogP contribution in [0.3, 0.4) is 0 Å². The number of fused-ring (bicyclic) bond motifs is 7. The lowest BCUT2D eigenvalue weighted by molar-refractivity contribution is -0.390. The van der Waals surface area contributed by atoms with Crippen molar-refractivity contribution in [1.29, 1.82) is 0 Å². The number of aliphatic hydroxyl groups is 23. The van der Waals surface area contributed by atoms with E-state index < -0.39 is 354 Å². The SMILES string of the molecule is C=CC(C)(CCC=C(CO)C(=O)O[C@H]1CC2(C(=O)O[C@@H]3O[C@H](CO)[C@@H](O)[C@H](O)[C@@H]3O[C@H]3O[C@H](C)[C@@H](O[C@H]4O[C@H](CO)[C@@H](O)[C@@H]4O)[C@H](O[C@H]4O[C@@H](CO)[C@H](O)[C@@H](O)[C@@H]4O)[C@@H]3O)C(CC1(C)C)C1=CCC3C4(C)CC[C@H](O[C@@H]5O[C@H](CO[C@H]6O[C@@H](C)[C@@H](O)[C@@H](O)[C@@H]6O[C@H]6OC[C@H](O)[C@@H](O)[C@@H]6O)[C@@H](O)[C@H](O)[C@H]5NC(C)=O)C(C)(C)C4CCC3(C)[C@]1(C)C[C@H]2O)O[C@H]1OC[C@H](O)[C@@H](O)[C@@H]1O. The fraction of sp³-hybridized carbons (Fsp3) is 0.897. The van der Waals surface area contributed by atoms with E-state index in [0.717, 1.165) is 5.57 Å². The van der Waals surface area contributed by atoms with E-state index in [2.05, 4.69) is 52.6 Å². The molecule has 0 bridgehead atoms. The van der Waals surface area contributed by atoms with Gasteiger partial charge in [-0.3, -0.25) is 9.59 Å². The highest BCUT2D eigenvalue weighted by atomic mass is 16.8. The molecule has 24 N–H and O–H groups in total. The molecule has 0 aromatic carbocycles. The van der Waals surface area contributed by atoms with E-state index in [9.17, 15) is 127 Å². The second-order valence-electron chi connectivity index (χ2n) is 40.3. The van der Waals surface area contributed by atoms with Gasteiger partial charge >= 0.3 is 11.9 Å². The van der Waals surface area contributed by atoms with E-state index in [1.807, 2.05) is 0 Å². The molecule has 131 heavy (non-hydrogen) atoms. The number of aliphatic hydroxyl groups excluding tert-OH is 23. The summed E-state index contributed by atoms with van der Waals surface area (Å²) >= 11 is 0. The van der Waals surface area contributed by atoms with E-state index in [1.54, 1.807) is 20.8 Å². The molecule has 7 unspecified atom stereocenters. The van der Waals surface area contributed by atoms with E-state index in [1.165, 1.54) is 32.9 Å². The summed E-state index contributed by atoms with van der Waals surface area (Å²) in [6.45, 7) is 18.5. The Morgan fingerprint density at radius 1 is 0.511 bits per heavy atom. The van der Waals surface area contributed by atoms with Gasteiger partial charge in [0, 0.05) is 18.8 Å². The Balaban J connectivity index is 0.798. The number of allylic oxidation sites excluding steroid dienone is 3. The van der Waals surface area contributed by atoms with Crippen LogP contribution in [-0.4, -0.2) is 433 Å². The van der Waals surface area contributed by atoms with Gasteiger partial charge in [0.2, 0.25) is 12.2 Å². The van der Waals surface area contributed by atoms with Crippen LogP contribution in [0.1, 0.15) is 140 Å². The monoisotopic (exact) mass is 1890 g/mol. The van der Waals surface area contributed by atoms with Crippen molar-refractivity contribution in [3.8, 4) is 0 Å². The molecule has 44 heteroatoms. The van der Waals surface area contributed by atoms with Crippen molar-refractivity contribution >= 4 is 17.8 Å². The minimum Gasteiger partial charge on any atom is -0.458 e. The van der Waals surface area contributed by atoms with E-state index in [0.29, 0.717) is 32.1 Å². The molecular formula is C87H139NO43. The third kappa shape index (κ3) is 19.6. The van der Waals surface area contributed by atoms with Crippen molar-refractivity contribution in [1.82, 2.24) is 5.32 Å². The molecule has 48 atom stereocenters. The highest BCUT2D eigenvalue weighted by molar-refractivity contribution is 5.89. The van der Waals surface area contributed by atoms with Crippen LogP contribution < -0.4 is 5.32 Å². The van der Waals surface area contributed by atoms with Gasteiger partial charge in [-0.05, 0) is 118 Å². The van der Waals surface area contributed by atoms with Crippen LogP contribution in [0.4, 0.5) is 0 Å². The van der Waals surface area contributed by atoms with Crippen molar-refractivity contribution in [2.45, 2.75) is 392 Å². The third-order valence-corrected chi connectivity index (χ3v) is 31.5. The lowest BCUT2D eigenvalue weighted by atomic mass is 9.33. The number of amides is 1. The normalized spacial score (nSPS) is 50.4. The van der Waals surface area contributed by atoms with Crippen LogP contribution in [0.5, 0.6) is 0 Å². The van der Waals surface area contributed by atoms with Gasteiger partial charge in [0.05, 0.1) is 81.8 Å². The van der Waals surface area contributed by atoms with Crippen molar-refractivity contribution in [2.24, 2.45) is 50.2 Å². The van der Waals surface area contributed by atoms with Crippen LogP contribution in [-0.2, 0) is 94.9 Å². The summed E-state index contributed by atoms with van der Waals surface area (Å²) in [5, 5.41) is 258. The molecule has 0 spiro atoms. The highest BCUT2D eigenvalue weighted by Gasteiger charge is 2.74. The van der Waals surface area contributed by atoms with Crippen molar-refractivity contribution in [2.75, 3.05) is 46.2 Å². The van der Waals surface area contributed by atoms with Crippen molar-refractivity contribution < 1.29 is 212 Å². The van der Waals surface area contributed by atoms with Gasteiger partial charge in [0.15, 0.2) is 50.1 Å². The molecule has 8 saturated heterocycles. The van der Waals surface area contributed by atoms with Crippen LogP contribution in [0, 0.1) is 50.2 Å². The Hall–Kier alpha value is -3.89. The first-order chi connectivity index (χ1) is 61.5. The molecule has 12 fully saturated rings. The molecule has 0 radical (unpaired) electrons. The maximum atomic E-state index is 16.7. The Morgan fingerprint density at radius 2 is 1.03 bits per heavy atom. The number of hydrogen-bond donors (Lipinski definition) is 24. The van der Waals surface area contributed by atoms with Crippen LogP contribution >= 0.6 is 0 Å². The standard InChI is InChI=1S/C87H139NO43/c1-13-83(9,131-74-63(109)53(99)40(95)31-116-74)20-14-15-36(26-89)71(113)124-49-25-87(80(114)130-79-70(61(107)55(101)42(28-91)122-79)129-77-66(112)68(127-76-65(111)59(105)54(100)41(27-90)120-76)67(34(3)119-77)126-75-64(110)56(102)43(29-92)121-75)38(23-81(49,5)6)37-16-17-46-84(10)21-19-48(82(7,8)45(84)18-22-85(46,11)86(37,12)24-47(87)96)125-72-50(88-35(4)93)58(104)57(103)44(123-72)32-117-78-69(60(106)51(97)33(2)118-78)128-73-62(108)52(98)39(94)30-115-73/h13,15-16,33-34,38-70,72-79,89-92,94-112H,1,14,17-32H2,2-12H3,(H,88,93)/t33-,34+,38?,39-,40-,41-,42+,43+,44+,45?,46?,47+,48-,49-,50+,51+,52+,53+,54-,55+,56+,57+,58+,59+,60+,61-,62-,63-,64-,65-,66-,67+,68+,69-,70-,72-,73+,74+,75+,76+,77+,78-,79-,83?,84?,85?,86+,87?/m0/s1. The van der Waals surface area contributed by atoms with Gasteiger partial charge in [0.25, 0.3) is 0 Å². The van der Waals surface area contributed by atoms with Gasteiger partial charge < -0.3 is 203 Å². The van der Waals surface area contributed by atoms with Gasteiger partial charge in [-0.25, -0.2) is 4.79 Å². The minimum atomic E-state index is -2.28. The van der Waals surface area contributed by atoms with Gasteiger partial charge in [-0.15, -0.1) is 6.58 Å². The summed E-state index contributed by atoms with van der Waals surface area (Å²) in [6, 6.07) is -1.37. The number of nitrogens with one attached hydrogen (secondary N) is 1. The molecule has 750 valence electrons. The number of esters is 2. The second-order valence-corrected chi connectivity index (χ2v) is 40.3. The quantitative estimate of drug-likeness (QED) is 0.0150. The number of carbonyl (C=O) groups excluding carboxylic acids is 3. The van der Waals surface area contributed by atoms with Gasteiger partial charge in [-0.1, -0.05) is 72.3 Å². The van der Waals surface area contributed by atoms with Gasteiger partial charge in [0.1, 0.15) is 170 Å². The molecule has 0 aromatic rings. The number of hydrogen-bond acceptors (Lipinski definition) is 43. The topological polar surface area (TPSA) is 685 Å². The lowest BCUT2D eigenvalue weighted by Gasteiger charge is -2.72. The van der Waals surface area contributed by atoms with Crippen LogP contribution in [0.25, 0.3) is 0 Å². The first-order valence-corrected chi connectivity index (χ1v) is 45.3. The average molecular weight is 1890 g/mol. The zero-order valence-corrected chi connectivity index (χ0v) is 75.2. The van der Waals surface area contributed by atoms with Crippen molar-refractivity contribution in [3.63, 3.8) is 0 Å². The van der Waals surface area contributed by atoms with E-state index in [-0.39, 0.29) is 49.7 Å². The largest absolute Gasteiger partial charge is 0.458 e. The fourth-order valence-electron chi connectivity index (χ4n) is 23.2. The van der Waals surface area contributed by atoms with E-state index in [4.69, 9.17) is 80.5 Å². The summed E-state index contributed by atoms with van der Waals surface area (Å²) in [4.78, 5) is 44.7. The molecule has 44 nitrogen and oxygen atoms in total. The van der Waals surface area contributed by atoms with Crippen LogP contribution in [0.15, 0.2) is 36.0 Å². The predicted molar refractivity (Wildman–Crippen MR) is 436 cm³/mol. The first-order valence-electron chi connectivity index (χ1n) is 45.3. The molecule has 8 aliphatic heterocycles. The lowest BCUT2D eigenvalue weighted by Crippen LogP contribution is -2.70. The average Bonchev–Trinajstić information content (AvgIpc) is 0.883. The molecule has 13 aliphatic rings. The van der Waals surface area contributed by atoms with Crippen LogP contribution in [0.2, 0.25) is 0 Å². The van der Waals surface area contributed by atoms with E-state index >= 15 is 4.79 Å². The second kappa shape index (κ2) is 40.7. The maximum Gasteiger partial charge on any atom is 0.336 e. The Bertz CT molecular complexity index is 3940. The summed E-state index contributed by atoms with van der Waals surface area (Å²) in [7, 11) is 0.